The summed E-state index contributed by atoms with van der Waals surface area (Å²) >= 11 is 2.55. The van der Waals surface area contributed by atoms with E-state index in [1.165, 1.54) is 21.5 Å². The molecule has 1 N–H and O–H groups in total. The zero-order valence-corrected chi connectivity index (χ0v) is 16.7. The van der Waals surface area contributed by atoms with Crippen molar-refractivity contribution in [2.45, 2.75) is 40.2 Å². The molecule has 7 heteroatoms. The van der Waals surface area contributed by atoms with Crippen LogP contribution in [0.2, 0.25) is 0 Å². The van der Waals surface area contributed by atoms with Crippen LogP contribution in [0.3, 0.4) is 0 Å². The highest BCUT2D eigenvalue weighted by atomic mass is 32.1. The summed E-state index contributed by atoms with van der Waals surface area (Å²) in [5.41, 5.74) is 4.04. The number of anilines is 1. The standard InChI is InChI=1S/C19H21N3O2S2/c1-4-5-14-6-8-15(9-7-14)17-13(3)26-18(21-17)20-16(23)10-22-12(2)11-25-19(22)24/h6-9,11H,4-5,10H2,1-3H3,(H,20,21,23). The van der Waals surface area contributed by atoms with Crippen molar-refractivity contribution >= 4 is 33.7 Å². The highest BCUT2D eigenvalue weighted by molar-refractivity contribution is 7.16. The summed E-state index contributed by atoms with van der Waals surface area (Å²) in [5.74, 6) is -0.243. The van der Waals surface area contributed by atoms with Crippen molar-refractivity contribution in [3.8, 4) is 11.3 Å². The van der Waals surface area contributed by atoms with Crippen LogP contribution in [0.25, 0.3) is 11.3 Å². The third-order valence-electron chi connectivity index (χ3n) is 4.09. The maximum absolute atomic E-state index is 12.3. The number of amides is 1. The molecule has 2 aromatic heterocycles. The summed E-state index contributed by atoms with van der Waals surface area (Å²) in [6.07, 6.45) is 2.19. The number of aromatic nitrogens is 2. The van der Waals surface area contributed by atoms with E-state index >= 15 is 0 Å². The van der Waals surface area contributed by atoms with Crippen molar-refractivity contribution < 1.29 is 4.79 Å². The summed E-state index contributed by atoms with van der Waals surface area (Å²) in [6.45, 7) is 5.99. The van der Waals surface area contributed by atoms with E-state index in [1.807, 2.05) is 13.8 Å². The fourth-order valence-corrected chi connectivity index (χ4v) is 4.32. The van der Waals surface area contributed by atoms with Crippen LogP contribution in [-0.2, 0) is 17.8 Å². The quantitative estimate of drug-likeness (QED) is 0.688. The summed E-state index contributed by atoms with van der Waals surface area (Å²) < 4.78 is 1.47. The number of aryl methyl sites for hydroxylation is 3. The van der Waals surface area contributed by atoms with Gasteiger partial charge in [0.1, 0.15) is 6.54 Å². The van der Waals surface area contributed by atoms with Gasteiger partial charge < -0.3 is 5.32 Å². The molecule has 0 spiro atoms. The van der Waals surface area contributed by atoms with Crippen LogP contribution in [-0.4, -0.2) is 15.5 Å². The molecule has 5 nitrogen and oxygen atoms in total. The van der Waals surface area contributed by atoms with Gasteiger partial charge in [-0.1, -0.05) is 48.9 Å². The molecule has 0 aliphatic rings. The Hall–Kier alpha value is -2.25. The molecule has 136 valence electrons. The third-order valence-corrected chi connectivity index (χ3v) is 5.85. The van der Waals surface area contributed by atoms with Crippen LogP contribution in [0, 0.1) is 13.8 Å². The van der Waals surface area contributed by atoms with Crippen molar-refractivity contribution in [1.29, 1.82) is 0 Å². The lowest BCUT2D eigenvalue weighted by Gasteiger charge is -2.04. The number of nitrogens with zero attached hydrogens (tertiary/aromatic N) is 2. The SMILES string of the molecule is CCCc1ccc(-c2nc(NC(=O)Cn3c(C)csc3=O)sc2C)cc1. The van der Waals surface area contributed by atoms with E-state index in [1.54, 1.807) is 5.38 Å². The van der Waals surface area contributed by atoms with Crippen molar-refractivity contribution in [2.24, 2.45) is 0 Å². The van der Waals surface area contributed by atoms with Crippen LogP contribution in [0.15, 0.2) is 34.4 Å². The van der Waals surface area contributed by atoms with E-state index < -0.39 is 0 Å². The lowest BCUT2D eigenvalue weighted by molar-refractivity contribution is -0.116. The maximum Gasteiger partial charge on any atom is 0.307 e. The van der Waals surface area contributed by atoms with Gasteiger partial charge in [0.05, 0.1) is 5.69 Å². The van der Waals surface area contributed by atoms with Crippen molar-refractivity contribution in [3.05, 3.63) is 55.4 Å². The monoisotopic (exact) mass is 387 g/mol. The molecule has 1 amide bonds. The first-order valence-corrected chi connectivity index (χ1v) is 10.2. The van der Waals surface area contributed by atoms with Gasteiger partial charge in [-0.2, -0.15) is 0 Å². The number of hydrogen-bond acceptors (Lipinski definition) is 5. The lowest BCUT2D eigenvalue weighted by atomic mass is 10.1. The Morgan fingerprint density at radius 1 is 1.23 bits per heavy atom. The molecule has 26 heavy (non-hydrogen) atoms. The van der Waals surface area contributed by atoms with Crippen LogP contribution in [0.5, 0.6) is 0 Å². The normalized spacial score (nSPS) is 10.9. The molecule has 0 bridgehead atoms. The molecular formula is C19H21N3O2S2. The summed E-state index contributed by atoms with van der Waals surface area (Å²) in [4.78, 5) is 29.5. The number of thiazole rings is 2. The van der Waals surface area contributed by atoms with E-state index in [2.05, 4.69) is 41.5 Å². The van der Waals surface area contributed by atoms with Crippen molar-refractivity contribution in [1.82, 2.24) is 9.55 Å². The molecule has 0 unspecified atom stereocenters. The molecule has 0 fully saturated rings. The number of carbonyl (C=O) groups excluding carboxylic acids is 1. The molecule has 0 aliphatic carbocycles. The van der Waals surface area contributed by atoms with Gasteiger partial charge in [0.2, 0.25) is 5.91 Å². The Labute approximate surface area is 160 Å². The van der Waals surface area contributed by atoms with E-state index in [0.29, 0.717) is 5.13 Å². The number of nitrogens with one attached hydrogen (secondary N) is 1. The maximum atomic E-state index is 12.3. The van der Waals surface area contributed by atoms with Crippen LogP contribution in [0.1, 0.15) is 29.5 Å². The van der Waals surface area contributed by atoms with Gasteiger partial charge in [0.25, 0.3) is 0 Å². The molecule has 3 rings (SSSR count). The summed E-state index contributed by atoms with van der Waals surface area (Å²) in [7, 11) is 0. The van der Waals surface area contributed by atoms with Gasteiger partial charge in [-0.15, -0.1) is 11.3 Å². The molecular weight excluding hydrogens is 366 g/mol. The van der Waals surface area contributed by atoms with E-state index in [-0.39, 0.29) is 17.3 Å². The first-order valence-electron chi connectivity index (χ1n) is 8.49. The molecule has 2 heterocycles. The van der Waals surface area contributed by atoms with Crippen molar-refractivity contribution in [2.75, 3.05) is 5.32 Å². The van der Waals surface area contributed by atoms with E-state index in [9.17, 15) is 9.59 Å². The van der Waals surface area contributed by atoms with Gasteiger partial charge in [0, 0.05) is 21.5 Å². The predicted octanol–water partition coefficient (Wildman–Crippen LogP) is 4.24. The fraction of sp³-hybridized carbons (Fsp3) is 0.316. The second kappa shape index (κ2) is 7.97. The molecule has 0 atom stereocenters. The first-order chi connectivity index (χ1) is 12.5. The second-order valence-corrected chi connectivity index (χ2v) is 8.17. The zero-order chi connectivity index (χ0) is 18.7. The lowest BCUT2D eigenvalue weighted by Crippen LogP contribution is -2.25. The highest BCUT2D eigenvalue weighted by Crippen LogP contribution is 2.30. The average Bonchev–Trinajstić information content (AvgIpc) is 3.12. The average molecular weight is 388 g/mol. The number of carbonyl (C=O) groups is 1. The molecule has 0 saturated heterocycles. The second-order valence-electron chi connectivity index (χ2n) is 6.15. The Morgan fingerprint density at radius 2 is 1.96 bits per heavy atom. The highest BCUT2D eigenvalue weighted by Gasteiger charge is 2.14. The smallest absolute Gasteiger partial charge is 0.300 e. The Kier molecular flexibility index (Phi) is 5.68. The van der Waals surface area contributed by atoms with Crippen LogP contribution >= 0.6 is 22.7 Å². The molecule has 1 aromatic carbocycles. The minimum atomic E-state index is -0.243. The largest absolute Gasteiger partial charge is 0.307 e. The van der Waals surface area contributed by atoms with Crippen LogP contribution in [0.4, 0.5) is 5.13 Å². The fourth-order valence-electron chi connectivity index (χ4n) is 2.73. The zero-order valence-electron chi connectivity index (χ0n) is 15.0. The Balaban J connectivity index is 1.73. The first kappa shape index (κ1) is 18.5. The van der Waals surface area contributed by atoms with Gasteiger partial charge in [-0.05, 0) is 25.8 Å². The summed E-state index contributed by atoms with van der Waals surface area (Å²) in [5, 5.41) is 5.12. The minimum Gasteiger partial charge on any atom is -0.300 e. The molecule has 3 aromatic rings. The molecule has 0 saturated carbocycles. The summed E-state index contributed by atoms with van der Waals surface area (Å²) in [6, 6.07) is 8.41. The molecule has 0 radical (unpaired) electrons. The van der Waals surface area contributed by atoms with Gasteiger partial charge >= 0.3 is 4.87 Å². The van der Waals surface area contributed by atoms with E-state index in [0.717, 1.165) is 46.0 Å². The van der Waals surface area contributed by atoms with Gasteiger partial charge in [0.15, 0.2) is 5.13 Å². The van der Waals surface area contributed by atoms with Crippen molar-refractivity contribution in [3.63, 3.8) is 0 Å². The Morgan fingerprint density at radius 3 is 2.58 bits per heavy atom. The number of hydrogen-bond donors (Lipinski definition) is 1. The topological polar surface area (TPSA) is 64.0 Å². The Bertz CT molecular complexity index is 968. The number of rotatable bonds is 6. The van der Waals surface area contributed by atoms with Gasteiger partial charge in [-0.3, -0.25) is 14.2 Å². The number of benzene rings is 1. The van der Waals surface area contributed by atoms with Crippen LogP contribution < -0.4 is 10.2 Å². The van der Waals surface area contributed by atoms with Gasteiger partial charge in [-0.25, -0.2) is 4.98 Å². The third kappa shape index (κ3) is 4.11. The van der Waals surface area contributed by atoms with E-state index in [4.69, 9.17) is 0 Å². The molecule has 0 aliphatic heterocycles. The predicted molar refractivity (Wildman–Crippen MR) is 108 cm³/mol. The minimum absolute atomic E-state index is 0.00778.